The Labute approximate surface area is 118 Å². The van der Waals surface area contributed by atoms with Crippen LogP contribution in [0.2, 0.25) is 0 Å². The Kier molecular flexibility index (Phi) is 5.80. The van der Waals surface area contributed by atoms with Gasteiger partial charge >= 0.3 is 74.9 Å². The molecule has 0 bridgehead atoms. The molecule has 0 atom stereocenters. The second-order valence-corrected chi connectivity index (χ2v) is 1.67. The van der Waals surface area contributed by atoms with Gasteiger partial charge in [-0.1, -0.05) is 18.2 Å². The van der Waals surface area contributed by atoms with Crippen LogP contribution >= 0.6 is 0 Å². The summed E-state index contributed by atoms with van der Waals surface area (Å²) in [6.07, 6.45) is 0. The van der Waals surface area contributed by atoms with Crippen molar-refractivity contribution in [3.8, 4) is 0 Å². The molecule has 0 saturated carbocycles. The van der Waals surface area contributed by atoms with Crippen molar-refractivity contribution >= 4 is 74.9 Å². The molecule has 0 radical (unpaired) electrons. The number of carbonyl (C=O) groups is 1. The van der Waals surface area contributed by atoms with Crippen LogP contribution in [0, 0.1) is 0 Å². The fourth-order valence-corrected chi connectivity index (χ4v) is 0.581. The van der Waals surface area contributed by atoms with Gasteiger partial charge in [-0.25, -0.2) is 4.79 Å². The predicted octanol–water partition coefficient (Wildman–Crippen LogP) is 0.736. The van der Waals surface area contributed by atoms with Gasteiger partial charge in [0.15, 0.2) is 0 Å². The molecule has 0 unspecified atom stereocenters. The van der Waals surface area contributed by atoms with E-state index in [0.717, 1.165) is 0 Å². The molecular formula is C7H7CsO2. The summed E-state index contributed by atoms with van der Waals surface area (Å²) in [6, 6.07) is 8.30. The van der Waals surface area contributed by atoms with Gasteiger partial charge < -0.3 is 5.11 Å². The zero-order valence-corrected chi connectivity index (χ0v) is 4.74. The number of rotatable bonds is 1. The minimum atomic E-state index is -0.879. The molecule has 0 aliphatic carbocycles. The fraction of sp³-hybridized carbons (Fsp3) is 0. The minimum absolute atomic E-state index is 0. The summed E-state index contributed by atoms with van der Waals surface area (Å²) in [7, 11) is 0. The molecule has 0 saturated heterocycles. The normalized spacial score (nSPS) is 8.00. The second kappa shape index (κ2) is 5.40. The van der Waals surface area contributed by atoms with Crippen molar-refractivity contribution in [2.45, 2.75) is 0 Å². The number of aromatic carboxylic acids is 1. The molecule has 1 rings (SSSR count). The van der Waals surface area contributed by atoms with E-state index < -0.39 is 5.97 Å². The van der Waals surface area contributed by atoms with Gasteiger partial charge in [-0.15, -0.1) is 0 Å². The molecule has 1 aromatic carbocycles. The van der Waals surface area contributed by atoms with E-state index in [9.17, 15) is 4.79 Å². The molecule has 0 aliphatic rings. The third kappa shape index (κ3) is 3.23. The van der Waals surface area contributed by atoms with Crippen LogP contribution in [-0.2, 0) is 0 Å². The first-order chi connectivity index (χ1) is 4.30. The molecule has 1 aromatic rings. The Balaban J connectivity index is 0.000000810. The number of hydrogen-bond donors (Lipinski definition) is 1. The van der Waals surface area contributed by atoms with E-state index in [1.54, 1.807) is 30.3 Å². The molecule has 3 heteroatoms. The molecular weight excluding hydrogens is 249 g/mol. The molecule has 0 aliphatic heterocycles. The maximum atomic E-state index is 10.2. The fourth-order valence-electron chi connectivity index (χ4n) is 0.581. The summed E-state index contributed by atoms with van der Waals surface area (Å²) in [5, 5.41) is 8.38. The van der Waals surface area contributed by atoms with Crippen LogP contribution in [0.5, 0.6) is 0 Å². The number of hydrogen-bond acceptors (Lipinski definition) is 1. The van der Waals surface area contributed by atoms with Gasteiger partial charge in [0.25, 0.3) is 0 Å². The van der Waals surface area contributed by atoms with Crippen LogP contribution in [0.25, 0.3) is 0 Å². The third-order valence-corrected chi connectivity index (χ3v) is 1.02. The molecule has 10 heavy (non-hydrogen) atoms. The monoisotopic (exact) mass is 256 g/mol. The Bertz CT molecular complexity index is 208. The Morgan fingerprint density at radius 3 is 2.00 bits per heavy atom. The van der Waals surface area contributed by atoms with Gasteiger partial charge in [-0.05, 0) is 12.1 Å². The number of carboxylic acids is 1. The molecule has 0 fully saturated rings. The third-order valence-electron chi connectivity index (χ3n) is 1.02. The van der Waals surface area contributed by atoms with E-state index in [4.69, 9.17) is 5.11 Å². The van der Waals surface area contributed by atoms with Gasteiger partial charge in [0.2, 0.25) is 0 Å². The summed E-state index contributed by atoms with van der Waals surface area (Å²) in [4.78, 5) is 10.2. The van der Waals surface area contributed by atoms with Crippen LogP contribution in [0.4, 0.5) is 0 Å². The topological polar surface area (TPSA) is 37.3 Å². The first-order valence-corrected chi connectivity index (χ1v) is 2.59. The van der Waals surface area contributed by atoms with E-state index in [-0.39, 0.29) is 68.9 Å². The molecule has 0 heterocycles. The van der Waals surface area contributed by atoms with Crippen molar-refractivity contribution < 1.29 is 9.90 Å². The summed E-state index contributed by atoms with van der Waals surface area (Å²) in [5.74, 6) is -0.879. The molecule has 48 valence electrons. The zero-order valence-electron chi connectivity index (χ0n) is 4.74. The standard InChI is InChI=1S/C7H6O2.Cs.H/c8-7(9)6-4-2-1-3-5-6;;/h1-5H,(H,8,9);;. The van der Waals surface area contributed by atoms with E-state index in [1.165, 1.54) is 0 Å². The van der Waals surface area contributed by atoms with E-state index in [0.29, 0.717) is 5.56 Å². The van der Waals surface area contributed by atoms with Crippen molar-refractivity contribution in [3.05, 3.63) is 35.9 Å². The second-order valence-electron chi connectivity index (χ2n) is 1.67. The summed E-state index contributed by atoms with van der Waals surface area (Å²) < 4.78 is 0. The summed E-state index contributed by atoms with van der Waals surface area (Å²) in [5.41, 5.74) is 0.331. The van der Waals surface area contributed by atoms with E-state index in [2.05, 4.69) is 0 Å². The van der Waals surface area contributed by atoms with Crippen LogP contribution in [0.3, 0.4) is 0 Å². The van der Waals surface area contributed by atoms with Crippen molar-refractivity contribution in [1.29, 1.82) is 0 Å². The van der Waals surface area contributed by atoms with E-state index >= 15 is 0 Å². The van der Waals surface area contributed by atoms with Gasteiger partial charge in [0.05, 0.1) is 5.56 Å². The van der Waals surface area contributed by atoms with Crippen molar-refractivity contribution in [2.24, 2.45) is 0 Å². The average molecular weight is 256 g/mol. The van der Waals surface area contributed by atoms with Gasteiger partial charge in [0.1, 0.15) is 0 Å². The summed E-state index contributed by atoms with van der Waals surface area (Å²) >= 11 is 0. The van der Waals surface area contributed by atoms with Crippen LogP contribution < -0.4 is 0 Å². The van der Waals surface area contributed by atoms with Crippen LogP contribution in [-0.4, -0.2) is 80.0 Å². The first kappa shape index (κ1) is 10.7. The SMILES string of the molecule is O=C(O)c1ccccc1.[CsH]. The molecule has 0 amide bonds. The molecule has 0 spiro atoms. The maximum absolute atomic E-state index is 10.2. The first-order valence-electron chi connectivity index (χ1n) is 2.59. The Hall–Kier alpha value is 0.742. The quantitative estimate of drug-likeness (QED) is 0.804. The number of benzene rings is 1. The van der Waals surface area contributed by atoms with Crippen molar-refractivity contribution in [1.82, 2.24) is 0 Å². The average Bonchev–Trinajstić information content (AvgIpc) is 1.90. The van der Waals surface area contributed by atoms with Gasteiger partial charge in [0, 0.05) is 0 Å². The van der Waals surface area contributed by atoms with Crippen LogP contribution in [0.15, 0.2) is 30.3 Å². The predicted molar refractivity (Wildman–Crippen MR) is 40.6 cm³/mol. The summed E-state index contributed by atoms with van der Waals surface area (Å²) in [6.45, 7) is 0. The van der Waals surface area contributed by atoms with E-state index in [1.807, 2.05) is 0 Å². The van der Waals surface area contributed by atoms with Gasteiger partial charge in [-0.2, -0.15) is 0 Å². The Morgan fingerprint density at radius 1 is 1.20 bits per heavy atom. The molecule has 2 nitrogen and oxygen atoms in total. The number of carboxylic acid groups (broad SMARTS) is 1. The molecule has 0 aromatic heterocycles. The van der Waals surface area contributed by atoms with Gasteiger partial charge in [-0.3, -0.25) is 0 Å². The van der Waals surface area contributed by atoms with Crippen LogP contribution in [0.1, 0.15) is 10.4 Å². The Morgan fingerprint density at radius 2 is 1.70 bits per heavy atom. The van der Waals surface area contributed by atoms with Crippen molar-refractivity contribution in [3.63, 3.8) is 0 Å². The zero-order chi connectivity index (χ0) is 6.69. The molecule has 1 N–H and O–H groups in total. The van der Waals surface area contributed by atoms with Crippen molar-refractivity contribution in [2.75, 3.05) is 0 Å².